The van der Waals surface area contributed by atoms with Crippen LogP contribution >= 0.6 is 11.8 Å². The quantitative estimate of drug-likeness (QED) is 0.140. The Bertz CT molecular complexity index is 1910. The minimum Gasteiger partial charge on any atom is -0.477 e. The molecular weight excluding hydrogens is 641 g/mol. The topological polar surface area (TPSA) is 153 Å². The van der Waals surface area contributed by atoms with E-state index in [0.717, 1.165) is 16.7 Å². The van der Waals surface area contributed by atoms with Crippen molar-refractivity contribution in [2.24, 2.45) is 5.73 Å². The molecule has 246 valence electrons. The molecule has 3 heterocycles. The first kappa shape index (κ1) is 31.9. The van der Waals surface area contributed by atoms with Crippen LogP contribution in [0.3, 0.4) is 0 Å². The summed E-state index contributed by atoms with van der Waals surface area (Å²) >= 11 is 1.35. The Kier molecular flexibility index (Phi) is 8.72. The lowest BCUT2D eigenvalue weighted by Crippen LogP contribution is -2.71. The standard InChI is InChI=1S/C37H32N6O5S/c38-30(24-13-5-1-6-14-24)33(44)39-31-34(45)43-32(36(46)47)25(23-49-35(31)43)22-48-29-21-42(41-40-29)37(26-15-7-2-8-16-26,27-17-9-3-10-18-27)28-19-11-4-12-20-28/h1-21,30-31,35H,22-23,38H2,(H,39,44)(H,46,47)/t30-,31-,35-/m1/s1. The fourth-order valence-electron chi connectivity index (χ4n) is 6.42. The Morgan fingerprint density at radius 1 is 0.898 bits per heavy atom. The van der Waals surface area contributed by atoms with Gasteiger partial charge in [-0.1, -0.05) is 132 Å². The molecule has 5 aromatic rings. The zero-order chi connectivity index (χ0) is 34.0. The van der Waals surface area contributed by atoms with E-state index in [9.17, 15) is 19.5 Å². The van der Waals surface area contributed by atoms with Crippen molar-refractivity contribution in [1.82, 2.24) is 25.2 Å². The molecule has 1 fully saturated rings. The molecule has 0 aliphatic carbocycles. The highest BCUT2D eigenvalue weighted by atomic mass is 32.2. The SMILES string of the molecule is N[C@@H](C(=O)N[C@@H]1C(=O)N2C(C(=O)O)=C(COc3cn(C(c4ccccc4)(c4ccccc4)c4ccccc4)nn3)CS[C@H]12)c1ccccc1. The second kappa shape index (κ2) is 13.4. The van der Waals surface area contributed by atoms with E-state index in [1.54, 1.807) is 35.1 Å². The van der Waals surface area contributed by atoms with Crippen LogP contribution in [0.2, 0.25) is 0 Å². The van der Waals surface area contributed by atoms with E-state index in [-0.39, 0.29) is 23.9 Å². The molecule has 7 rings (SSSR count). The lowest BCUT2D eigenvalue weighted by Gasteiger charge is -2.49. The molecule has 12 heteroatoms. The smallest absolute Gasteiger partial charge is 0.352 e. The van der Waals surface area contributed by atoms with Crippen molar-refractivity contribution in [1.29, 1.82) is 0 Å². The van der Waals surface area contributed by atoms with Gasteiger partial charge in [-0.15, -0.1) is 11.8 Å². The van der Waals surface area contributed by atoms with E-state index < -0.39 is 40.8 Å². The van der Waals surface area contributed by atoms with Crippen LogP contribution in [-0.2, 0) is 19.9 Å². The Morgan fingerprint density at radius 2 is 1.43 bits per heavy atom. The maximum atomic E-state index is 13.2. The van der Waals surface area contributed by atoms with E-state index in [1.165, 1.54) is 16.7 Å². The van der Waals surface area contributed by atoms with Crippen LogP contribution in [-0.4, -0.2) is 66.6 Å². The van der Waals surface area contributed by atoms with Crippen LogP contribution in [0.1, 0.15) is 28.3 Å². The lowest BCUT2D eigenvalue weighted by molar-refractivity contribution is -0.151. The van der Waals surface area contributed by atoms with Crippen molar-refractivity contribution in [3.8, 4) is 5.88 Å². The highest BCUT2D eigenvalue weighted by molar-refractivity contribution is 8.00. The Hall–Kier alpha value is -5.72. The van der Waals surface area contributed by atoms with E-state index in [4.69, 9.17) is 10.5 Å². The second-order valence-corrected chi connectivity index (χ2v) is 12.7. The van der Waals surface area contributed by atoms with Crippen LogP contribution in [0.5, 0.6) is 5.88 Å². The number of nitrogens with zero attached hydrogens (tertiary/aromatic N) is 4. The number of rotatable bonds is 11. The van der Waals surface area contributed by atoms with Crippen molar-refractivity contribution < 1.29 is 24.2 Å². The summed E-state index contributed by atoms with van der Waals surface area (Å²) in [7, 11) is 0. The largest absolute Gasteiger partial charge is 0.477 e. The number of ether oxygens (including phenoxy) is 1. The summed E-state index contributed by atoms with van der Waals surface area (Å²) in [5, 5.41) is 21.2. The van der Waals surface area contributed by atoms with E-state index in [1.807, 2.05) is 97.1 Å². The van der Waals surface area contributed by atoms with Crippen molar-refractivity contribution in [2.75, 3.05) is 12.4 Å². The molecule has 4 N–H and O–H groups in total. The molecule has 0 saturated carbocycles. The average molecular weight is 673 g/mol. The van der Waals surface area contributed by atoms with E-state index in [0.29, 0.717) is 11.1 Å². The van der Waals surface area contributed by atoms with Crippen molar-refractivity contribution in [3.63, 3.8) is 0 Å². The maximum absolute atomic E-state index is 13.2. The van der Waals surface area contributed by atoms with Gasteiger partial charge in [0.2, 0.25) is 5.91 Å². The molecule has 2 aliphatic heterocycles. The molecule has 0 radical (unpaired) electrons. The minimum absolute atomic E-state index is 0.130. The first-order valence-electron chi connectivity index (χ1n) is 15.6. The molecule has 3 atom stereocenters. The molecule has 0 spiro atoms. The number of thioether (sulfide) groups is 1. The number of aromatic nitrogens is 3. The molecule has 0 unspecified atom stereocenters. The predicted octanol–water partition coefficient (Wildman–Crippen LogP) is 3.94. The highest BCUT2D eigenvalue weighted by Crippen LogP contribution is 2.42. The zero-order valence-corrected chi connectivity index (χ0v) is 26.9. The molecule has 2 amide bonds. The number of nitrogens with two attached hydrogens (primary N) is 1. The van der Waals surface area contributed by atoms with Crippen molar-refractivity contribution >= 4 is 29.5 Å². The number of β-lactam (4-membered cyclic amide) rings is 1. The molecule has 0 bridgehead atoms. The van der Waals surface area contributed by atoms with Crippen LogP contribution in [0.25, 0.3) is 0 Å². The highest BCUT2D eigenvalue weighted by Gasteiger charge is 2.54. The third kappa shape index (κ3) is 5.74. The van der Waals surface area contributed by atoms with Gasteiger partial charge in [0.15, 0.2) is 0 Å². The van der Waals surface area contributed by atoms with Crippen LogP contribution < -0.4 is 15.8 Å². The number of amides is 2. The summed E-state index contributed by atoms with van der Waals surface area (Å²) in [6.07, 6.45) is 1.70. The molecule has 4 aromatic carbocycles. The summed E-state index contributed by atoms with van der Waals surface area (Å²) in [6, 6.07) is 36.9. The fourth-order valence-corrected chi connectivity index (χ4v) is 7.75. The molecule has 1 aromatic heterocycles. The zero-order valence-electron chi connectivity index (χ0n) is 26.1. The number of carbonyl (C=O) groups excluding carboxylic acids is 2. The number of carboxylic acids is 1. The number of carbonyl (C=O) groups is 3. The summed E-state index contributed by atoms with van der Waals surface area (Å²) in [5.41, 5.74) is 8.94. The minimum atomic E-state index is -1.26. The third-order valence-corrected chi connectivity index (χ3v) is 10.1. The van der Waals surface area contributed by atoms with Crippen molar-refractivity contribution in [2.45, 2.75) is 23.0 Å². The number of hydrogen-bond donors (Lipinski definition) is 3. The molecule has 2 aliphatic rings. The first-order chi connectivity index (χ1) is 23.9. The Labute approximate surface area is 286 Å². The fraction of sp³-hybridized carbons (Fsp3) is 0.162. The number of carboxylic acid groups (broad SMARTS) is 1. The van der Waals surface area contributed by atoms with Gasteiger partial charge in [0.1, 0.15) is 35.3 Å². The van der Waals surface area contributed by atoms with E-state index in [2.05, 4.69) is 15.6 Å². The number of nitrogens with one attached hydrogen (secondary N) is 1. The summed E-state index contributed by atoms with van der Waals surface area (Å²) in [6.45, 7) is -0.130. The van der Waals surface area contributed by atoms with Gasteiger partial charge in [-0.2, -0.15) is 0 Å². The normalized spacial score (nSPS) is 17.9. The number of aliphatic carboxylic acids is 1. The summed E-state index contributed by atoms with van der Waals surface area (Å²) < 4.78 is 7.83. The predicted molar refractivity (Wildman–Crippen MR) is 183 cm³/mol. The monoisotopic (exact) mass is 672 g/mol. The van der Waals surface area contributed by atoms with Gasteiger partial charge in [0, 0.05) is 11.3 Å². The molecular formula is C37H32N6O5S. The van der Waals surface area contributed by atoms with E-state index >= 15 is 0 Å². The van der Waals surface area contributed by atoms with Gasteiger partial charge in [0.25, 0.3) is 11.8 Å². The van der Waals surface area contributed by atoms with Crippen molar-refractivity contribution in [3.05, 3.63) is 161 Å². The van der Waals surface area contributed by atoms with Gasteiger partial charge in [-0.05, 0) is 22.3 Å². The van der Waals surface area contributed by atoms with Gasteiger partial charge in [-0.3, -0.25) is 14.5 Å². The van der Waals surface area contributed by atoms with Gasteiger partial charge in [-0.25, -0.2) is 9.48 Å². The summed E-state index contributed by atoms with van der Waals surface area (Å²) in [5.74, 6) is -1.84. The second-order valence-electron chi connectivity index (χ2n) is 11.6. The average Bonchev–Trinajstić information content (AvgIpc) is 3.63. The Morgan fingerprint density at radius 3 is 1.96 bits per heavy atom. The molecule has 49 heavy (non-hydrogen) atoms. The molecule has 1 saturated heterocycles. The van der Waals surface area contributed by atoms with Gasteiger partial charge >= 0.3 is 5.97 Å². The number of hydrogen-bond acceptors (Lipinski definition) is 8. The van der Waals surface area contributed by atoms with Crippen LogP contribution in [0.4, 0.5) is 0 Å². The molecule has 11 nitrogen and oxygen atoms in total. The van der Waals surface area contributed by atoms with Crippen LogP contribution in [0.15, 0.2) is 139 Å². The lowest BCUT2D eigenvalue weighted by atomic mass is 9.77. The third-order valence-electron chi connectivity index (χ3n) is 8.77. The number of benzene rings is 4. The summed E-state index contributed by atoms with van der Waals surface area (Å²) in [4.78, 5) is 39.8. The van der Waals surface area contributed by atoms with Gasteiger partial charge < -0.3 is 20.9 Å². The Balaban J connectivity index is 1.14. The first-order valence-corrected chi connectivity index (χ1v) is 16.7. The van der Waals surface area contributed by atoms with Gasteiger partial charge in [0.05, 0.1) is 6.20 Å². The maximum Gasteiger partial charge on any atom is 0.352 e. The number of fused-ring (bicyclic) bond motifs is 1. The van der Waals surface area contributed by atoms with Crippen LogP contribution in [0, 0.1) is 0 Å².